The van der Waals surface area contributed by atoms with E-state index in [1.165, 1.54) is 44.9 Å². The molecular formula is C18H35NO. The predicted octanol–water partition coefficient (Wildman–Crippen LogP) is 4.39. The first-order chi connectivity index (χ1) is 9.35. The van der Waals surface area contributed by atoms with Crippen molar-refractivity contribution in [2.75, 3.05) is 13.6 Å². The van der Waals surface area contributed by atoms with Gasteiger partial charge >= 0.3 is 0 Å². The van der Waals surface area contributed by atoms with Crippen LogP contribution in [0.4, 0.5) is 0 Å². The van der Waals surface area contributed by atoms with E-state index in [4.69, 9.17) is 4.74 Å². The minimum Gasteiger partial charge on any atom is -0.375 e. The number of nitrogens with one attached hydrogen (secondary N) is 1. The van der Waals surface area contributed by atoms with E-state index in [2.05, 4.69) is 40.1 Å². The fourth-order valence-electron chi connectivity index (χ4n) is 4.44. The van der Waals surface area contributed by atoms with Crippen LogP contribution < -0.4 is 5.32 Å². The first-order valence-electron chi connectivity index (χ1n) is 8.65. The van der Waals surface area contributed by atoms with E-state index in [-0.39, 0.29) is 0 Å². The first-order valence-corrected chi connectivity index (χ1v) is 8.65. The van der Waals surface area contributed by atoms with Crippen LogP contribution in [0, 0.1) is 16.7 Å². The molecule has 2 rings (SSSR count). The highest BCUT2D eigenvalue weighted by Gasteiger charge is 2.40. The Balaban J connectivity index is 1.94. The summed E-state index contributed by atoms with van der Waals surface area (Å²) in [5, 5.41) is 3.46. The van der Waals surface area contributed by atoms with E-state index in [9.17, 15) is 0 Å². The van der Waals surface area contributed by atoms with Crippen LogP contribution in [0.5, 0.6) is 0 Å². The van der Waals surface area contributed by atoms with Gasteiger partial charge in [0, 0.05) is 6.54 Å². The zero-order valence-electron chi connectivity index (χ0n) is 14.3. The van der Waals surface area contributed by atoms with Crippen LogP contribution in [-0.2, 0) is 4.74 Å². The summed E-state index contributed by atoms with van der Waals surface area (Å²) in [6.45, 7) is 10.6. The van der Waals surface area contributed by atoms with Crippen LogP contribution in [0.3, 0.4) is 0 Å². The summed E-state index contributed by atoms with van der Waals surface area (Å²) in [5.74, 6) is 0.899. The largest absolute Gasteiger partial charge is 0.375 e. The van der Waals surface area contributed by atoms with Crippen LogP contribution >= 0.6 is 0 Å². The normalized spacial score (nSPS) is 39.1. The zero-order valence-corrected chi connectivity index (χ0v) is 14.3. The summed E-state index contributed by atoms with van der Waals surface area (Å²) in [5.41, 5.74) is 0.968. The molecule has 20 heavy (non-hydrogen) atoms. The van der Waals surface area contributed by atoms with Crippen molar-refractivity contribution in [3.63, 3.8) is 0 Å². The Morgan fingerprint density at radius 3 is 2.20 bits per heavy atom. The molecule has 1 N–H and O–H groups in total. The van der Waals surface area contributed by atoms with E-state index in [0.29, 0.717) is 23.0 Å². The van der Waals surface area contributed by atoms with Gasteiger partial charge in [-0.15, -0.1) is 0 Å². The Morgan fingerprint density at radius 1 is 1.10 bits per heavy atom. The van der Waals surface area contributed by atoms with Gasteiger partial charge in [-0.3, -0.25) is 0 Å². The van der Waals surface area contributed by atoms with Crippen molar-refractivity contribution in [2.45, 2.75) is 84.8 Å². The lowest BCUT2D eigenvalue weighted by Crippen LogP contribution is -2.41. The van der Waals surface area contributed by atoms with E-state index >= 15 is 0 Å². The lowest BCUT2D eigenvalue weighted by Gasteiger charge is -2.45. The van der Waals surface area contributed by atoms with Crippen molar-refractivity contribution in [3.05, 3.63) is 0 Å². The van der Waals surface area contributed by atoms with Crippen molar-refractivity contribution in [1.82, 2.24) is 5.32 Å². The quantitative estimate of drug-likeness (QED) is 0.825. The number of hydrogen-bond donors (Lipinski definition) is 1. The van der Waals surface area contributed by atoms with Crippen molar-refractivity contribution in [3.8, 4) is 0 Å². The second-order valence-electron chi connectivity index (χ2n) is 8.52. The van der Waals surface area contributed by atoms with Gasteiger partial charge in [0.15, 0.2) is 0 Å². The maximum Gasteiger partial charge on any atom is 0.0585 e. The molecule has 2 fully saturated rings. The Bertz CT molecular complexity index is 299. The Hall–Kier alpha value is -0.0800. The topological polar surface area (TPSA) is 21.3 Å². The minimum absolute atomic E-state index is 0.476. The third-order valence-electron chi connectivity index (χ3n) is 5.80. The summed E-state index contributed by atoms with van der Waals surface area (Å²) in [6, 6.07) is 0. The molecule has 1 aliphatic heterocycles. The van der Waals surface area contributed by atoms with Gasteiger partial charge in [0.1, 0.15) is 0 Å². The monoisotopic (exact) mass is 281 g/mol. The number of ether oxygens (including phenoxy) is 1. The van der Waals surface area contributed by atoms with Gasteiger partial charge in [-0.05, 0) is 75.7 Å². The lowest BCUT2D eigenvalue weighted by molar-refractivity contribution is -0.00173. The average Bonchev–Trinajstić information content (AvgIpc) is 2.74. The van der Waals surface area contributed by atoms with Crippen LogP contribution in [-0.4, -0.2) is 25.8 Å². The molecule has 2 atom stereocenters. The van der Waals surface area contributed by atoms with Crippen LogP contribution in [0.15, 0.2) is 0 Å². The second kappa shape index (κ2) is 6.36. The summed E-state index contributed by atoms with van der Waals surface area (Å²) >= 11 is 0. The van der Waals surface area contributed by atoms with Crippen molar-refractivity contribution >= 4 is 0 Å². The fraction of sp³-hybridized carbons (Fsp3) is 1.00. The Kier molecular flexibility index (Phi) is 5.18. The molecule has 0 spiro atoms. The first kappa shape index (κ1) is 16.3. The molecular weight excluding hydrogens is 246 g/mol. The lowest BCUT2D eigenvalue weighted by atomic mass is 9.62. The van der Waals surface area contributed by atoms with Gasteiger partial charge in [-0.1, -0.05) is 20.8 Å². The summed E-state index contributed by atoms with van der Waals surface area (Å²) in [7, 11) is 2.11. The standard InChI is InChI=1S/C18H35NO/c1-14-6-7-16(20-14)12-18(13-19-5)10-8-15(9-11-18)17(2,3)4/h14-16,19H,6-13H2,1-5H3. The van der Waals surface area contributed by atoms with E-state index in [1.54, 1.807) is 0 Å². The summed E-state index contributed by atoms with van der Waals surface area (Å²) < 4.78 is 6.10. The highest BCUT2D eigenvalue weighted by atomic mass is 16.5. The highest BCUT2D eigenvalue weighted by molar-refractivity contribution is 4.92. The van der Waals surface area contributed by atoms with Gasteiger partial charge in [0.25, 0.3) is 0 Å². The van der Waals surface area contributed by atoms with Crippen molar-refractivity contribution in [1.29, 1.82) is 0 Å². The molecule has 0 aromatic rings. The summed E-state index contributed by atoms with van der Waals surface area (Å²) in [4.78, 5) is 0. The Labute approximate surface area is 126 Å². The molecule has 0 aromatic carbocycles. The molecule has 0 bridgehead atoms. The molecule has 1 saturated carbocycles. The zero-order chi connectivity index (χ0) is 14.8. The van der Waals surface area contributed by atoms with E-state index in [1.807, 2.05) is 0 Å². The number of rotatable bonds is 4. The highest BCUT2D eigenvalue weighted by Crippen LogP contribution is 2.48. The maximum atomic E-state index is 6.10. The third-order valence-corrected chi connectivity index (χ3v) is 5.80. The molecule has 2 aliphatic rings. The molecule has 0 amide bonds. The molecule has 0 radical (unpaired) electrons. The molecule has 1 heterocycles. The van der Waals surface area contributed by atoms with Crippen molar-refractivity contribution in [2.24, 2.45) is 16.7 Å². The molecule has 2 nitrogen and oxygen atoms in total. The smallest absolute Gasteiger partial charge is 0.0585 e. The molecule has 2 unspecified atom stereocenters. The number of hydrogen-bond acceptors (Lipinski definition) is 2. The van der Waals surface area contributed by atoms with Crippen LogP contribution in [0.25, 0.3) is 0 Å². The summed E-state index contributed by atoms with van der Waals surface area (Å²) in [6.07, 6.45) is 10.4. The van der Waals surface area contributed by atoms with Crippen LogP contribution in [0.1, 0.15) is 72.6 Å². The molecule has 2 heteroatoms. The van der Waals surface area contributed by atoms with Crippen LogP contribution in [0.2, 0.25) is 0 Å². The van der Waals surface area contributed by atoms with E-state index in [0.717, 1.165) is 12.5 Å². The van der Waals surface area contributed by atoms with Crippen molar-refractivity contribution < 1.29 is 4.74 Å². The van der Waals surface area contributed by atoms with Gasteiger partial charge in [-0.25, -0.2) is 0 Å². The molecule has 0 aromatic heterocycles. The maximum absolute atomic E-state index is 6.10. The molecule has 1 aliphatic carbocycles. The fourth-order valence-corrected chi connectivity index (χ4v) is 4.44. The third kappa shape index (κ3) is 3.98. The molecule has 118 valence electrons. The van der Waals surface area contributed by atoms with Gasteiger partial charge in [0.05, 0.1) is 12.2 Å². The predicted molar refractivity (Wildman–Crippen MR) is 86.0 cm³/mol. The van der Waals surface area contributed by atoms with Gasteiger partial charge in [-0.2, -0.15) is 0 Å². The van der Waals surface area contributed by atoms with Gasteiger partial charge < -0.3 is 10.1 Å². The van der Waals surface area contributed by atoms with E-state index < -0.39 is 0 Å². The SMILES string of the molecule is CNCC1(CC2CCC(C)O2)CCC(C(C)(C)C)CC1. The Morgan fingerprint density at radius 2 is 1.75 bits per heavy atom. The molecule has 1 saturated heterocycles. The average molecular weight is 281 g/mol. The second-order valence-corrected chi connectivity index (χ2v) is 8.52. The van der Waals surface area contributed by atoms with Gasteiger partial charge in [0.2, 0.25) is 0 Å². The minimum atomic E-state index is 0.476.